The van der Waals surface area contributed by atoms with E-state index in [4.69, 9.17) is 10.6 Å². The Balaban J connectivity index is 1.49. The van der Waals surface area contributed by atoms with Crippen LogP contribution in [-0.4, -0.2) is 78.7 Å². The van der Waals surface area contributed by atoms with E-state index >= 15 is 0 Å². The van der Waals surface area contributed by atoms with Crippen LogP contribution in [0.25, 0.3) is 0 Å². The number of nitrogen functional groups attached to an aromatic ring is 1. The van der Waals surface area contributed by atoms with Crippen molar-refractivity contribution in [3.05, 3.63) is 27.4 Å². The zero-order valence-electron chi connectivity index (χ0n) is 17.2. The maximum Gasteiger partial charge on any atom is 0.352 e. The third-order valence-corrected chi connectivity index (χ3v) is 8.65. The van der Waals surface area contributed by atoms with Crippen LogP contribution in [0.5, 0.6) is 0 Å². The molecule has 16 heteroatoms. The molecule has 0 saturated carbocycles. The Hall–Kier alpha value is -2.69. The van der Waals surface area contributed by atoms with E-state index in [-0.39, 0.29) is 22.2 Å². The van der Waals surface area contributed by atoms with E-state index in [0.717, 1.165) is 20.7 Å². The number of aliphatic carboxylic acids is 1. The lowest BCUT2D eigenvalue weighted by Crippen LogP contribution is -2.71. The summed E-state index contributed by atoms with van der Waals surface area (Å²) in [5.74, 6) is -1.61. The molecular formula is C17H17N7O5S4. The predicted molar refractivity (Wildman–Crippen MR) is 125 cm³/mol. The van der Waals surface area contributed by atoms with Gasteiger partial charge in [0.05, 0.1) is 0 Å². The SMILES string of the molecule is CON=C(C(=O)N[C@@H]1C(=O)N2C(C(=O)O)=C(CSc3nnc(C)s3)CS[C@@H]12)c1csc(N)n1. The molecule has 1 fully saturated rings. The molecule has 2 aromatic heterocycles. The predicted octanol–water partition coefficient (Wildman–Crippen LogP) is 0.767. The number of carbonyl (C=O) groups excluding carboxylic acids is 2. The summed E-state index contributed by atoms with van der Waals surface area (Å²) >= 11 is 5.30. The summed E-state index contributed by atoms with van der Waals surface area (Å²) in [5, 5.41) is 26.2. The first-order valence-electron chi connectivity index (χ1n) is 9.26. The highest BCUT2D eigenvalue weighted by atomic mass is 32.2. The van der Waals surface area contributed by atoms with Gasteiger partial charge in [0.25, 0.3) is 11.8 Å². The van der Waals surface area contributed by atoms with Gasteiger partial charge < -0.3 is 21.0 Å². The first-order valence-corrected chi connectivity index (χ1v) is 13.0. The Morgan fingerprint density at radius 3 is 2.85 bits per heavy atom. The molecule has 4 heterocycles. The molecule has 0 bridgehead atoms. The van der Waals surface area contributed by atoms with Crippen LogP contribution in [-0.2, 0) is 19.2 Å². The minimum atomic E-state index is -1.19. The van der Waals surface area contributed by atoms with Gasteiger partial charge in [0.15, 0.2) is 15.2 Å². The molecule has 4 rings (SSSR count). The highest BCUT2D eigenvalue weighted by Gasteiger charge is 2.54. The molecule has 0 radical (unpaired) electrons. The van der Waals surface area contributed by atoms with Gasteiger partial charge in [-0.05, 0) is 12.5 Å². The first-order chi connectivity index (χ1) is 15.8. The Morgan fingerprint density at radius 2 is 2.24 bits per heavy atom. The average Bonchev–Trinajstić information content (AvgIpc) is 3.40. The largest absolute Gasteiger partial charge is 0.477 e. The number of rotatable bonds is 8. The smallest absolute Gasteiger partial charge is 0.352 e. The average molecular weight is 528 g/mol. The number of thiazole rings is 1. The number of nitrogens with zero attached hydrogens (tertiary/aromatic N) is 5. The fourth-order valence-electron chi connectivity index (χ4n) is 3.18. The second kappa shape index (κ2) is 9.66. The summed E-state index contributed by atoms with van der Waals surface area (Å²) in [6.45, 7) is 1.84. The Morgan fingerprint density at radius 1 is 1.45 bits per heavy atom. The normalized spacial score (nSPS) is 20.4. The standard InChI is InChI=1S/C17H17N7O5S4/c1-6-21-22-17(33-6)32-4-7-3-30-14-10(13(26)24(14)11(7)15(27)28)20-12(25)9(23-29-2)8-5-31-16(18)19-8/h5,10,14H,3-4H2,1-2H3,(H2,18,19)(H,20,25)(H,27,28)/t10-,14+/m1/s1. The lowest BCUT2D eigenvalue weighted by Gasteiger charge is -2.49. The van der Waals surface area contributed by atoms with Gasteiger partial charge in [-0.3, -0.25) is 14.5 Å². The lowest BCUT2D eigenvalue weighted by atomic mass is 10.0. The molecule has 4 N–H and O–H groups in total. The zero-order chi connectivity index (χ0) is 23.7. The van der Waals surface area contributed by atoms with Gasteiger partial charge in [-0.2, -0.15) is 0 Å². The molecule has 2 aromatic rings. The Labute approximate surface area is 203 Å². The van der Waals surface area contributed by atoms with Crippen LogP contribution in [0.15, 0.2) is 26.1 Å². The number of oxime groups is 1. The first kappa shape index (κ1) is 23.5. The van der Waals surface area contributed by atoms with Gasteiger partial charge in [0.1, 0.15) is 34.9 Å². The fraction of sp³-hybridized carbons (Fsp3) is 0.353. The molecule has 0 aromatic carbocycles. The molecule has 0 spiro atoms. The topological polar surface area (TPSA) is 173 Å². The van der Waals surface area contributed by atoms with Crippen molar-refractivity contribution in [1.82, 2.24) is 25.4 Å². The number of anilines is 1. The number of carboxylic acids is 1. The van der Waals surface area contributed by atoms with E-state index in [1.165, 1.54) is 46.9 Å². The number of carboxylic acid groups (broad SMARTS) is 1. The van der Waals surface area contributed by atoms with Crippen LogP contribution in [0.2, 0.25) is 0 Å². The summed E-state index contributed by atoms with van der Waals surface area (Å²) in [4.78, 5) is 47.6. The molecule has 2 amide bonds. The molecule has 2 aliphatic heterocycles. The molecule has 2 atom stereocenters. The molecule has 33 heavy (non-hydrogen) atoms. The molecule has 2 aliphatic rings. The number of fused-ring (bicyclic) bond motifs is 1. The van der Waals surface area contributed by atoms with E-state index in [0.29, 0.717) is 17.1 Å². The van der Waals surface area contributed by atoms with Crippen LogP contribution in [0.3, 0.4) is 0 Å². The maximum atomic E-state index is 12.9. The molecular weight excluding hydrogens is 510 g/mol. The van der Waals surface area contributed by atoms with E-state index in [2.05, 4.69) is 25.7 Å². The molecule has 1 saturated heterocycles. The van der Waals surface area contributed by atoms with Gasteiger partial charge in [0, 0.05) is 16.9 Å². The third kappa shape index (κ3) is 4.68. The number of hydrogen-bond acceptors (Lipinski definition) is 13. The van der Waals surface area contributed by atoms with Gasteiger partial charge in [0.2, 0.25) is 0 Å². The second-order valence-corrected chi connectivity index (χ2v) is 11.1. The molecule has 174 valence electrons. The van der Waals surface area contributed by atoms with Crippen molar-refractivity contribution in [2.45, 2.75) is 22.7 Å². The van der Waals surface area contributed by atoms with Crippen molar-refractivity contribution < 1.29 is 24.3 Å². The number of amides is 2. The molecule has 0 aliphatic carbocycles. The van der Waals surface area contributed by atoms with E-state index in [9.17, 15) is 19.5 Å². The van der Waals surface area contributed by atoms with E-state index in [1.54, 1.807) is 5.38 Å². The molecule has 0 unspecified atom stereocenters. The summed E-state index contributed by atoms with van der Waals surface area (Å²) in [6.07, 6.45) is 0. The number of nitrogens with one attached hydrogen (secondary N) is 1. The number of carbonyl (C=O) groups is 3. The summed E-state index contributed by atoms with van der Waals surface area (Å²) in [5.41, 5.74) is 6.27. The van der Waals surface area contributed by atoms with Crippen molar-refractivity contribution in [2.75, 3.05) is 24.3 Å². The summed E-state index contributed by atoms with van der Waals surface area (Å²) < 4.78 is 0.726. The maximum absolute atomic E-state index is 12.9. The van der Waals surface area contributed by atoms with Crippen molar-refractivity contribution >= 4 is 74.8 Å². The number of thioether (sulfide) groups is 2. The van der Waals surface area contributed by atoms with Crippen LogP contribution in [0.4, 0.5) is 5.13 Å². The number of aromatic nitrogens is 3. The minimum absolute atomic E-state index is 0.0546. The Bertz CT molecular complexity index is 1180. The van der Waals surface area contributed by atoms with Crippen molar-refractivity contribution in [2.24, 2.45) is 5.16 Å². The lowest BCUT2D eigenvalue weighted by molar-refractivity contribution is -0.150. The third-order valence-electron chi connectivity index (χ3n) is 4.58. The number of nitrogens with two attached hydrogens (primary N) is 1. The summed E-state index contributed by atoms with van der Waals surface area (Å²) in [6, 6.07) is -0.907. The zero-order valence-corrected chi connectivity index (χ0v) is 20.4. The number of hydrogen-bond donors (Lipinski definition) is 3. The van der Waals surface area contributed by atoms with Crippen LogP contribution >= 0.6 is 46.2 Å². The number of β-lactam (4-membered cyclic amide) rings is 1. The van der Waals surface area contributed by atoms with Crippen molar-refractivity contribution in [3.63, 3.8) is 0 Å². The van der Waals surface area contributed by atoms with E-state index in [1.807, 2.05) is 6.92 Å². The van der Waals surface area contributed by atoms with Crippen molar-refractivity contribution in [1.29, 1.82) is 0 Å². The van der Waals surface area contributed by atoms with Crippen LogP contribution in [0, 0.1) is 6.92 Å². The quantitative estimate of drug-likeness (QED) is 0.191. The fourth-order valence-corrected chi connectivity index (χ4v) is 7.03. The monoisotopic (exact) mass is 527 g/mol. The number of aryl methyl sites for hydroxylation is 1. The highest BCUT2D eigenvalue weighted by Crippen LogP contribution is 2.41. The summed E-state index contributed by atoms with van der Waals surface area (Å²) in [7, 11) is 1.28. The van der Waals surface area contributed by atoms with Gasteiger partial charge in [-0.25, -0.2) is 9.78 Å². The van der Waals surface area contributed by atoms with Crippen molar-refractivity contribution in [3.8, 4) is 0 Å². The van der Waals surface area contributed by atoms with Gasteiger partial charge in [-0.1, -0.05) is 28.3 Å². The second-order valence-electron chi connectivity index (χ2n) is 6.69. The molecule has 12 nitrogen and oxygen atoms in total. The van der Waals surface area contributed by atoms with Crippen LogP contribution in [0.1, 0.15) is 10.7 Å². The Kier molecular flexibility index (Phi) is 6.87. The highest BCUT2D eigenvalue weighted by molar-refractivity contribution is 8.01. The van der Waals surface area contributed by atoms with Crippen LogP contribution < -0.4 is 11.1 Å². The van der Waals surface area contributed by atoms with Gasteiger partial charge in [-0.15, -0.1) is 33.3 Å². The van der Waals surface area contributed by atoms with Gasteiger partial charge >= 0.3 is 5.97 Å². The van der Waals surface area contributed by atoms with E-state index < -0.39 is 29.2 Å². The minimum Gasteiger partial charge on any atom is -0.477 e.